The summed E-state index contributed by atoms with van der Waals surface area (Å²) in [5.74, 6) is 0.288. The number of anilines is 2. The van der Waals surface area contributed by atoms with Gasteiger partial charge in [0.2, 0.25) is 11.8 Å². The highest BCUT2D eigenvalue weighted by Crippen LogP contribution is 2.27. The van der Waals surface area contributed by atoms with Crippen LogP contribution in [0.4, 0.5) is 11.5 Å². The second-order valence-electron chi connectivity index (χ2n) is 5.83. The van der Waals surface area contributed by atoms with Gasteiger partial charge in [0, 0.05) is 11.2 Å². The number of rotatable bonds is 7. The van der Waals surface area contributed by atoms with E-state index in [1.54, 1.807) is 49.2 Å². The lowest BCUT2D eigenvalue weighted by Gasteiger charge is -2.23. The zero-order valence-corrected chi connectivity index (χ0v) is 16.6. The van der Waals surface area contributed by atoms with Crippen LogP contribution in [-0.4, -0.2) is 48.4 Å². The minimum atomic E-state index is -0.561. The van der Waals surface area contributed by atoms with Crippen LogP contribution in [-0.2, 0) is 9.59 Å². The molecule has 2 amide bonds. The van der Waals surface area contributed by atoms with Crippen molar-refractivity contribution in [2.24, 2.45) is 0 Å². The lowest BCUT2D eigenvalue weighted by Crippen LogP contribution is -2.43. The number of nitrogens with one attached hydrogen (secondary N) is 2. The molecule has 1 aromatic carbocycles. The molecule has 0 fully saturated rings. The third-order valence-corrected chi connectivity index (χ3v) is 4.31. The van der Waals surface area contributed by atoms with Gasteiger partial charge in [0.05, 0.1) is 30.4 Å². The maximum Gasteiger partial charge on any atom is 0.242 e. The average molecular weight is 411 g/mol. The Bertz CT molecular complexity index is 815. The van der Waals surface area contributed by atoms with Crippen LogP contribution in [0.15, 0.2) is 36.5 Å². The lowest BCUT2D eigenvalue weighted by atomic mass is 10.2. The minimum absolute atomic E-state index is 0.00169. The van der Waals surface area contributed by atoms with Gasteiger partial charge in [-0.05, 0) is 44.3 Å². The monoisotopic (exact) mass is 410 g/mol. The Morgan fingerprint density at radius 2 is 1.89 bits per heavy atom. The quantitative estimate of drug-likeness (QED) is 0.731. The summed E-state index contributed by atoms with van der Waals surface area (Å²) in [5.41, 5.74) is 0.464. The van der Waals surface area contributed by atoms with Gasteiger partial charge in [-0.15, -0.1) is 0 Å². The Balaban J connectivity index is 1.94. The van der Waals surface area contributed by atoms with Crippen LogP contribution in [0.1, 0.15) is 6.92 Å². The van der Waals surface area contributed by atoms with Gasteiger partial charge in [0.15, 0.2) is 0 Å². The number of aromatic nitrogens is 1. The van der Waals surface area contributed by atoms with E-state index >= 15 is 0 Å². The van der Waals surface area contributed by atoms with Crippen molar-refractivity contribution >= 4 is 46.5 Å². The van der Waals surface area contributed by atoms with E-state index in [-0.39, 0.29) is 18.4 Å². The fourth-order valence-electron chi connectivity index (χ4n) is 2.21. The number of ether oxygens (including phenoxy) is 1. The summed E-state index contributed by atoms with van der Waals surface area (Å²) >= 11 is 11.7. The molecule has 0 aliphatic heterocycles. The van der Waals surface area contributed by atoms with Gasteiger partial charge < -0.3 is 15.4 Å². The Morgan fingerprint density at radius 3 is 2.52 bits per heavy atom. The number of pyridine rings is 1. The molecule has 27 heavy (non-hydrogen) atoms. The fraction of sp³-hybridized carbons (Fsp3) is 0.278. The molecule has 1 heterocycles. The first kappa shape index (κ1) is 21.0. The topological polar surface area (TPSA) is 83.6 Å². The number of hydrogen-bond donors (Lipinski definition) is 2. The molecule has 0 saturated heterocycles. The number of carbonyl (C=O) groups excluding carboxylic acids is 2. The van der Waals surface area contributed by atoms with E-state index in [1.807, 2.05) is 0 Å². The molecule has 9 heteroatoms. The first-order valence-electron chi connectivity index (χ1n) is 8.06. The van der Waals surface area contributed by atoms with Crippen molar-refractivity contribution in [1.29, 1.82) is 0 Å². The van der Waals surface area contributed by atoms with Gasteiger partial charge in [-0.25, -0.2) is 4.98 Å². The van der Waals surface area contributed by atoms with Crippen LogP contribution in [0, 0.1) is 0 Å². The van der Waals surface area contributed by atoms with E-state index in [0.717, 1.165) is 0 Å². The summed E-state index contributed by atoms with van der Waals surface area (Å²) < 4.78 is 5.20. The average Bonchev–Trinajstić information content (AvgIpc) is 2.63. The zero-order chi connectivity index (χ0) is 20.0. The first-order valence-corrected chi connectivity index (χ1v) is 8.81. The normalized spacial score (nSPS) is 11.8. The SMILES string of the molecule is COc1ccc(Cl)cc1NC(=O)CN(C)[C@H](C)C(=O)Nc1ccc(Cl)cn1. The Kier molecular flexibility index (Phi) is 7.41. The maximum absolute atomic E-state index is 12.3. The molecule has 1 aromatic heterocycles. The van der Waals surface area contributed by atoms with Crippen LogP contribution in [0.25, 0.3) is 0 Å². The molecule has 144 valence electrons. The number of amides is 2. The van der Waals surface area contributed by atoms with Gasteiger partial charge >= 0.3 is 0 Å². The molecule has 0 bridgehead atoms. The summed E-state index contributed by atoms with van der Waals surface area (Å²) in [4.78, 5) is 30.3. The molecular weight excluding hydrogens is 391 g/mol. The summed E-state index contributed by atoms with van der Waals surface area (Å²) in [6, 6.07) is 7.60. The molecule has 0 spiro atoms. The molecule has 0 aliphatic carbocycles. The molecule has 2 N–H and O–H groups in total. The van der Waals surface area contributed by atoms with Gasteiger partial charge in [-0.1, -0.05) is 23.2 Å². The third kappa shape index (κ3) is 6.09. The van der Waals surface area contributed by atoms with Crippen molar-refractivity contribution in [2.45, 2.75) is 13.0 Å². The molecule has 7 nitrogen and oxygen atoms in total. The van der Waals surface area contributed by atoms with E-state index in [2.05, 4.69) is 15.6 Å². The largest absolute Gasteiger partial charge is 0.495 e. The van der Waals surface area contributed by atoms with Crippen molar-refractivity contribution in [1.82, 2.24) is 9.88 Å². The van der Waals surface area contributed by atoms with Crippen LogP contribution in [0.3, 0.4) is 0 Å². The van der Waals surface area contributed by atoms with E-state index in [9.17, 15) is 9.59 Å². The molecule has 1 atom stereocenters. The smallest absolute Gasteiger partial charge is 0.242 e. The first-order chi connectivity index (χ1) is 12.8. The molecular formula is C18H20Cl2N4O3. The number of likely N-dealkylation sites (N-methyl/N-ethyl adjacent to an activating group) is 1. The predicted octanol–water partition coefficient (Wildman–Crippen LogP) is 3.29. The molecule has 2 rings (SSSR count). The highest BCUT2D eigenvalue weighted by Gasteiger charge is 2.21. The molecule has 0 radical (unpaired) electrons. The van der Waals surface area contributed by atoms with E-state index < -0.39 is 6.04 Å². The van der Waals surface area contributed by atoms with Crippen LogP contribution >= 0.6 is 23.2 Å². The fourth-order valence-corrected chi connectivity index (χ4v) is 2.50. The van der Waals surface area contributed by atoms with Gasteiger partial charge in [-0.2, -0.15) is 0 Å². The number of hydrogen-bond acceptors (Lipinski definition) is 5. The second-order valence-corrected chi connectivity index (χ2v) is 6.71. The zero-order valence-electron chi connectivity index (χ0n) is 15.1. The second kappa shape index (κ2) is 9.55. The summed E-state index contributed by atoms with van der Waals surface area (Å²) in [5, 5.41) is 6.37. The Hall–Kier alpha value is -2.35. The highest BCUT2D eigenvalue weighted by atomic mass is 35.5. The maximum atomic E-state index is 12.3. The van der Waals surface area contributed by atoms with Crippen LogP contribution < -0.4 is 15.4 Å². The van der Waals surface area contributed by atoms with Gasteiger partial charge in [0.1, 0.15) is 11.6 Å². The van der Waals surface area contributed by atoms with Gasteiger partial charge in [-0.3, -0.25) is 14.5 Å². The Labute approximate surface area is 167 Å². The van der Waals surface area contributed by atoms with E-state index in [4.69, 9.17) is 27.9 Å². The van der Waals surface area contributed by atoms with Crippen molar-refractivity contribution in [3.8, 4) is 5.75 Å². The number of carbonyl (C=O) groups is 2. The lowest BCUT2D eigenvalue weighted by molar-refractivity contribution is -0.122. The van der Waals surface area contributed by atoms with Crippen molar-refractivity contribution in [3.63, 3.8) is 0 Å². The van der Waals surface area contributed by atoms with Crippen LogP contribution in [0.5, 0.6) is 5.75 Å². The minimum Gasteiger partial charge on any atom is -0.495 e. The summed E-state index contributed by atoms with van der Waals surface area (Å²) in [6.07, 6.45) is 1.44. The van der Waals surface area contributed by atoms with Crippen LogP contribution in [0.2, 0.25) is 10.0 Å². The van der Waals surface area contributed by atoms with Gasteiger partial charge in [0.25, 0.3) is 0 Å². The Morgan fingerprint density at radius 1 is 1.19 bits per heavy atom. The number of halogens is 2. The van der Waals surface area contributed by atoms with Crippen molar-refractivity contribution in [2.75, 3.05) is 31.3 Å². The number of benzene rings is 1. The molecule has 0 saturated carbocycles. The molecule has 2 aromatic rings. The van der Waals surface area contributed by atoms with E-state index in [1.165, 1.54) is 13.3 Å². The molecule has 0 aliphatic rings. The highest BCUT2D eigenvalue weighted by molar-refractivity contribution is 6.31. The van der Waals surface area contributed by atoms with Crippen molar-refractivity contribution in [3.05, 3.63) is 46.6 Å². The number of methoxy groups -OCH3 is 1. The molecule has 0 unspecified atom stereocenters. The summed E-state index contributed by atoms with van der Waals surface area (Å²) in [6.45, 7) is 1.69. The van der Waals surface area contributed by atoms with E-state index in [0.29, 0.717) is 27.3 Å². The summed E-state index contributed by atoms with van der Waals surface area (Å²) in [7, 11) is 3.18. The predicted molar refractivity (Wildman–Crippen MR) is 107 cm³/mol. The standard InChI is InChI=1S/C18H20Cl2N4O3/c1-11(18(26)23-16-7-5-13(20)9-21-16)24(2)10-17(25)22-14-8-12(19)4-6-15(14)27-3/h4-9,11H,10H2,1-3H3,(H,22,25)(H,21,23,26)/t11-/m1/s1. The number of nitrogens with zero attached hydrogens (tertiary/aromatic N) is 2. The van der Waals surface area contributed by atoms with Crippen molar-refractivity contribution < 1.29 is 14.3 Å². The third-order valence-electron chi connectivity index (χ3n) is 3.85.